The zero-order chi connectivity index (χ0) is 15.3. The number of fused-ring (bicyclic) bond motifs is 2. The Morgan fingerprint density at radius 3 is 2.50 bits per heavy atom. The molecule has 1 aliphatic carbocycles. The standard InChI is InChI=1S/C15H21N5O2/c1-2-11-5-12(15-17-16-8-20(15)18-11)19-6-9-3-13(21)14(22)4-10(9)7-19/h5,8-10,13-14,21-22H,2-4,6-7H2,1H3/t9-,10+,13-,14-/m0/s1. The second-order valence-electron chi connectivity index (χ2n) is 6.50. The second kappa shape index (κ2) is 5.17. The Kier molecular flexibility index (Phi) is 3.27. The molecule has 1 saturated carbocycles. The van der Waals surface area contributed by atoms with Crippen molar-refractivity contribution in [3.05, 3.63) is 18.1 Å². The topological polar surface area (TPSA) is 86.8 Å². The third kappa shape index (κ3) is 2.16. The molecule has 2 aromatic rings. The van der Waals surface area contributed by atoms with Gasteiger partial charge in [0.1, 0.15) is 6.33 Å². The van der Waals surface area contributed by atoms with Crippen molar-refractivity contribution in [3.8, 4) is 0 Å². The Balaban J connectivity index is 1.67. The molecule has 1 aliphatic heterocycles. The number of aliphatic hydroxyl groups is 2. The maximum Gasteiger partial charge on any atom is 0.200 e. The number of anilines is 1. The van der Waals surface area contributed by atoms with E-state index in [0.717, 1.165) is 36.5 Å². The van der Waals surface area contributed by atoms with Crippen molar-refractivity contribution in [3.63, 3.8) is 0 Å². The average molecular weight is 303 g/mol. The SMILES string of the molecule is CCc1cc(N2C[C@H]3C[C@H](O)[C@@H](O)C[C@H]3C2)c2nncn2n1. The molecule has 0 unspecified atom stereocenters. The minimum atomic E-state index is -0.585. The van der Waals surface area contributed by atoms with Gasteiger partial charge in [0.25, 0.3) is 0 Å². The van der Waals surface area contributed by atoms with Gasteiger partial charge in [-0.05, 0) is 37.2 Å². The van der Waals surface area contributed by atoms with Crippen LogP contribution in [0.1, 0.15) is 25.5 Å². The molecule has 0 amide bonds. The maximum absolute atomic E-state index is 9.90. The lowest BCUT2D eigenvalue weighted by Crippen LogP contribution is -2.38. The van der Waals surface area contributed by atoms with E-state index < -0.39 is 12.2 Å². The van der Waals surface area contributed by atoms with Gasteiger partial charge in [0.2, 0.25) is 5.65 Å². The van der Waals surface area contributed by atoms with Crippen molar-refractivity contribution in [1.29, 1.82) is 0 Å². The van der Waals surface area contributed by atoms with Crippen molar-refractivity contribution < 1.29 is 10.2 Å². The van der Waals surface area contributed by atoms with Crippen LogP contribution in [0.3, 0.4) is 0 Å². The molecule has 2 N–H and O–H groups in total. The Bertz CT molecular complexity index is 670. The predicted octanol–water partition coefficient (Wildman–Crippen LogP) is 0.255. The quantitative estimate of drug-likeness (QED) is 0.827. The van der Waals surface area contributed by atoms with Gasteiger partial charge in [-0.3, -0.25) is 0 Å². The van der Waals surface area contributed by atoms with Crippen molar-refractivity contribution in [2.24, 2.45) is 11.8 Å². The molecule has 1 saturated heterocycles. The van der Waals surface area contributed by atoms with Gasteiger partial charge in [-0.1, -0.05) is 6.92 Å². The molecule has 22 heavy (non-hydrogen) atoms. The average Bonchev–Trinajstić information content (AvgIpc) is 3.12. The fourth-order valence-electron chi connectivity index (χ4n) is 3.87. The molecule has 0 aromatic carbocycles. The third-order valence-electron chi connectivity index (χ3n) is 5.11. The van der Waals surface area contributed by atoms with Gasteiger partial charge in [-0.25, -0.2) is 0 Å². The first-order chi connectivity index (χ1) is 10.7. The molecular weight excluding hydrogens is 282 g/mol. The molecule has 4 atom stereocenters. The van der Waals surface area contributed by atoms with Crippen LogP contribution in [-0.2, 0) is 6.42 Å². The maximum atomic E-state index is 9.90. The highest BCUT2D eigenvalue weighted by atomic mass is 16.3. The fraction of sp³-hybridized carbons (Fsp3) is 0.667. The van der Waals surface area contributed by atoms with E-state index in [1.807, 2.05) is 0 Å². The number of rotatable bonds is 2. The molecule has 118 valence electrons. The molecule has 2 aromatic heterocycles. The summed E-state index contributed by atoms with van der Waals surface area (Å²) in [6.07, 6.45) is 2.68. The molecule has 7 heteroatoms. The van der Waals surface area contributed by atoms with Crippen LogP contribution in [0.4, 0.5) is 5.69 Å². The fourth-order valence-corrected chi connectivity index (χ4v) is 3.87. The Morgan fingerprint density at radius 2 is 1.86 bits per heavy atom. The van der Waals surface area contributed by atoms with Gasteiger partial charge in [-0.2, -0.15) is 9.61 Å². The van der Waals surface area contributed by atoms with Crippen molar-refractivity contribution >= 4 is 11.3 Å². The van der Waals surface area contributed by atoms with E-state index in [-0.39, 0.29) is 0 Å². The molecule has 3 heterocycles. The van der Waals surface area contributed by atoms with Gasteiger partial charge >= 0.3 is 0 Å². The summed E-state index contributed by atoms with van der Waals surface area (Å²) in [7, 11) is 0. The minimum absolute atomic E-state index is 0.430. The number of nitrogens with zero attached hydrogens (tertiary/aromatic N) is 5. The zero-order valence-electron chi connectivity index (χ0n) is 12.6. The molecule has 2 fully saturated rings. The summed E-state index contributed by atoms with van der Waals surface area (Å²) < 4.78 is 1.74. The molecule has 7 nitrogen and oxygen atoms in total. The van der Waals surface area contributed by atoms with Gasteiger partial charge < -0.3 is 15.1 Å². The highest BCUT2D eigenvalue weighted by Crippen LogP contribution is 2.39. The Hall–Kier alpha value is -1.73. The van der Waals surface area contributed by atoms with Crippen LogP contribution in [0.25, 0.3) is 5.65 Å². The molecule has 2 aliphatic rings. The first kappa shape index (κ1) is 13.9. The molecule has 4 rings (SSSR count). The van der Waals surface area contributed by atoms with Crippen molar-refractivity contribution in [1.82, 2.24) is 19.8 Å². The van der Waals surface area contributed by atoms with Crippen molar-refractivity contribution in [2.45, 2.75) is 38.4 Å². The summed E-state index contributed by atoms with van der Waals surface area (Å²) in [5.41, 5.74) is 2.84. The van der Waals surface area contributed by atoms with E-state index in [0.29, 0.717) is 24.7 Å². The van der Waals surface area contributed by atoms with E-state index in [9.17, 15) is 10.2 Å². The third-order valence-corrected chi connectivity index (χ3v) is 5.11. The molecule has 0 radical (unpaired) electrons. The summed E-state index contributed by atoms with van der Waals surface area (Å²) in [6, 6.07) is 2.09. The summed E-state index contributed by atoms with van der Waals surface area (Å²) in [5, 5.41) is 32.4. The largest absolute Gasteiger partial charge is 0.390 e. The summed E-state index contributed by atoms with van der Waals surface area (Å²) in [5.74, 6) is 0.860. The van der Waals surface area contributed by atoms with E-state index in [4.69, 9.17) is 0 Å². The highest BCUT2D eigenvalue weighted by Gasteiger charge is 2.41. The lowest BCUT2D eigenvalue weighted by molar-refractivity contribution is -0.0372. The number of aromatic nitrogens is 4. The lowest BCUT2D eigenvalue weighted by Gasteiger charge is -2.31. The summed E-state index contributed by atoms with van der Waals surface area (Å²) in [4.78, 5) is 2.31. The predicted molar refractivity (Wildman–Crippen MR) is 80.6 cm³/mol. The zero-order valence-corrected chi connectivity index (χ0v) is 12.6. The van der Waals surface area contributed by atoms with Crippen LogP contribution in [-0.4, -0.2) is 55.3 Å². The molecule has 0 spiro atoms. The first-order valence-electron chi connectivity index (χ1n) is 7.96. The normalized spacial score (nSPS) is 31.7. The number of aliphatic hydroxyl groups excluding tert-OH is 2. The Labute approximate surface area is 128 Å². The lowest BCUT2D eigenvalue weighted by atomic mass is 9.79. The first-order valence-corrected chi connectivity index (χ1v) is 7.96. The van der Waals surface area contributed by atoms with Crippen LogP contribution < -0.4 is 4.90 Å². The number of aryl methyl sites for hydroxylation is 1. The smallest absolute Gasteiger partial charge is 0.200 e. The van der Waals surface area contributed by atoms with Crippen LogP contribution in [0.2, 0.25) is 0 Å². The monoisotopic (exact) mass is 303 g/mol. The van der Waals surface area contributed by atoms with Crippen LogP contribution in [0, 0.1) is 11.8 Å². The number of hydrogen-bond donors (Lipinski definition) is 2. The van der Waals surface area contributed by atoms with Crippen LogP contribution in [0.15, 0.2) is 12.4 Å². The van der Waals surface area contributed by atoms with Gasteiger partial charge in [-0.15, -0.1) is 10.2 Å². The van der Waals surface area contributed by atoms with Gasteiger partial charge in [0.15, 0.2) is 0 Å². The molecular formula is C15H21N5O2. The van der Waals surface area contributed by atoms with Crippen molar-refractivity contribution in [2.75, 3.05) is 18.0 Å². The number of hydrogen-bond acceptors (Lipinski definition) is 6. The minimum Gasteiger partial charge on any atom is -0.390 e. The van der Waals surface area contributed by atoms with E-state index >= 15 is 0 Å². The van der Waals surface area contributed by atoms with E-state index in [2.05, 4.69) is 33.2 Å². The highest BCUT2D eigenvalue weighted by molar-refractivity contribution is 5.68. The van der Waals surface area contributed by atoms with Gasteiger partial charge in [0, 0.05) is 13.1 Å². The molecule has 0 bridgehead atoms. The van der Waals surface area contributed by atoms with E-state index in [1.54, 1.807) is 10.8 Å². The second-order valence-corrected chi connectivity index (χ2v) is 6.50. The van der Waals surface area contributed by atoms with Crippen LogP contribution >= 0.6 is 0 Å². The van der Waals surface area contributed by atoms with E-state index in [1.165, 1.54) is 0 Å². The van der Waals surface area contributed by atoms with Crippen LogP contribution in [0.5, 0.6) is 0 Å². The summed E-state index contributed by atoms with van der Waals surface area (Å²) in [6.45, 7) is 3.87. The van der Waals surface area contributed by atoms with Gasteiger partial charge in [0.05, 0.1) is 23.6 Å². The Morgan fingerprint density at radius 1 is 1.18 bits per heavy atom. The summed E-state index contributed by atoms with van der Waals surface area (Å²) >= 11 is 0.